The third-order valence-corrected chi connectivity index (χ3v) is 3.86. The lowest BCUT2D eigenvalue weighted by Gasteiger charge is -2.07. The van der Waals surface area contributed by atoms with Crippen LogP contribution in [-0.2, 0) is 0 Å². The first-order chi connectivity index (χ1) is 12.0. The molecule has 1 N–H and O–H groups in total. The lowest BCUT2D eigenvalue weighted by molar-refractivity contribution is 0.871. The van der Waals surface area contributed by atoms with Crippen molar-refractivity contribution in [3.05, 3.63) is 69.4 Å². The highest BCUT2D eigenvalue weighted by Crippen LogP contribution is 2.19. The zero-order valence-electron chi connectivity index (χ0n) is 14.1. The molecule has 2 aromatic heterocycles. The van der Waals surface area contributed by atoms with Crippen molar-refractivity contribution in [3.8, 4) is 11.8 Å². The van der Waals surface area contributed by atoms with Crippen LogP contribution < -0.4 is 5.56 Å². The highest BCUT2D eigenvalue weighted by Gasteiger charge is 2.09. The summed E-state index contributed by atoms with van der Waals surface area (Å²) in [4.78, 5) is 22.8. The Morgan fingerprint density at radius 2 is 2.16 bits per heavy atom. The SMILES string of the molecule is C/C(=C/c1ccc(-n2cncn2)c(C)c1)c1nc(C)c(C#N)c(=O)[nH]1. The van der Waals surface area contributed by atoms with Gasteiger partial charge in [0, 0.05) is 0 Å². The summed E-state index contributed by atoms with van der Waals surface area (Å²) in [5.74, 6) is 0.458. The van der Waals surface area contributed by atoms with E-state index in [0.29, 0.717) is 11.5 Å². The molecular weight excluding hydrogens is 316 g/mol. The second-order valence-corrected chi connectivity index (χ2v) is 5.70. The number of nitrogens with one attached hydrogen (secondary N) is 1. The number of nitrogens with zero attached hydrogens (tertiary/aromatic N) is 5. The zero-order chi connectivity index (χ0) is 18.0. The average molecular weight is 332 g/mol. The minimum Gasteiger partial charge on any atom is -0.306 e. The maximum Gasteiger partial charge on any atom is 0.269 e. The Kier molecular flexibility index (Phi) is 4.27. The van der Waals surface area contributed by atoms with E-state index < -0.39 is 5.56 Å². The summed E-state index contributed by atoms with van der Waals surface area (Å²) < 4.78 is 1.71. The fraction of sp³-hybridized carbons (Fsp3) is 0.167. The number of aryl methyl sites for hydroxylation is 2. The van der Waals surface area contributed by atoms with Crippen LogP contribution in [0.4, 0.5) is 0 Å². The van der Waals surface area contributed by atoms with E-state index in [1.807, 2.05) is 44.2 Å². The number of aromatic amines is 1. The maximum absolute atomic E-state index is 11.9. The van der Waals surface area contributed by atoms with E-state index in [4.69, 9.17) is 5.26 Å². The van der Waals surface area contributed by atoms with E-state index in [0.717, 1.165) is 22.4 Å². The fourth-order valence-electron chi connectivity index (χ4n) is 2.58. The first kappa shape index (κ1) is 16.3. The second-order valence-electron chi connectivity index (χ2n) is 5.70. The summed E-state index contributed by atoms with van der Waals surface area (Å²) in [5, 5.41) is 13.1. The Morgan fingerprint density at radius 3 is 2.76 bits per heavy atom. The number of hydrogen-bond donors (Lipinski definition) is 1. The van der Waals surface area contributed by atoms with Crippen LogP contribution in [-0.4, -0.2) is 24.7 Å². The zero-order valence-corrected chi connectivity index (χ0v) is 14.1. The Labute approximate surface area is 144 Å². The van der Waals surface area contributed by atoms with Crippen LogP contribution in [0.1, 0.15) is 35.1 Å². The molecule has 0 spiro atoms. The number of benzene rings is 1. The van der Waals surface area contributed by atoms with Gasteiger partial charge in [0.15, 0.2) is 0 Å². The smallest absolute Gasteiger partial charge is 0.269 e. The Bertz CT molecular complexity index is 1050. The van der Waals surface area contributed by atoms with Crippen LogP contribution in [0.5, 0.6) is 0 Å². The molecule has 25 heavy (non-hydrogen) atoms. The van der Waals surface area contributed by atoms with Crippen molar-refractivity contribution < 1.29 is 0 Å². The predicted molar refractivity (Wildman–Crippen MR) is 94.0 cm³/mol. The predicted octanol–water partition coefficient (Wildman–Crippen LogP) is 2.40. The van der Waals surface area contributed by atoms with Crippen molar-refractivity contribution >= 4 is 11.6 Å². The van der Waals surface area contributed by atoms with Gasteiger partial charge in [-0.25, -0.2) is 14.6 Å². The molecule has 0 aliphatic rings. The van der Waals surface area contributed by atoms with Crippen LogP contribution in [0.25, 0.3) is 17.3 Å². The van der Waals surface area contributed by atoms with Gasteiger partial charge in [-0.15, -0.1) is 0 Å². The third kappa shape index (κ3) is 3.23. The Hall–Kier alpha value is -3.53. The van der Waals surface area contributed by atoms with E-state index in [9.17, 15) is 4.79 Å². The summed E-state index contributed by atoms with van der Waals surface area (Å²) in [5.41, 5.74) is 3.82. The molecule has 0 saturated carbocycles. The summed E-state index contributed by atoms with van der Waals surface area (Å²) in [6.07, 6.45) is 5.08. The molecular formula is C18H16N6O. The highest BCUT2D eigenvalue weighted by molar-refractivity contribution is 5.77. The third-order valence-electron chi connectivity index (χ3n) is 3.86. The Balaban J connectivity index is 1.97. The van der Waals surface area contributed by atoms with E-state index >= 15 is 0 Å². The van der Waals surface area contributed by atoms with Crippen LogP contribution in [0, 0.1) is 25.2 Å². The minimum absolute atomic E-state index is 0.0459. The topological polar surface area (TPSA) is 100 Å². The minimum atomic E-state index is -0.421. The van der Waals surface area contributed by atoms with Gasteiger partial charge < -0.3 is 4.98 Å². The molecule has 0 unspecified atom stereocenters. The number of H-pyrrole nitrogens is 1. The van der Waals surface area contributed by atoms with Crippen LogP contribution in [0.2, 0.25) is 0 Å². The van der Waals surface area contributed by atoms with Gasteiger partial charge in [-0.3, -0.25) is 4.79 Å². The first-order valence-electron chi connectivity index (χ1n) is 7.65. The van der Waals surface area contributed by atoms with Crippen molar-refractivity contribution in [1.29, 1.82) is 5.26 Å². The normalized spacial score (nSPS) is 11.4. The molecule has 2 heterocycles. The standard InChI is InChI=1S/C18H16N6O/c1-11-6-14(4-5-16(11)24-10-20-9-21-24)7-12(2)17-22-13(3)15(8-19)18(25)23-17/h4-7,9-10H,1-3H3,(H,22,23,25)/b12-7-. The lowest BCUT2D eigenvalue weighted by Crippen LogP contribution is -2.16. The number of allylic oxidation sites excluding steroid dienone is 1. The van der Waals surface area contributed by atoms with Crippen molar-refractivity contribution in [2.75, 3.05) is 0 Å². The molecule has 0 fully saturated rings. The number of rotatable bonds is 3. The summed E-state index contributed by atoms with van der Waals surface area (Å²) in [7, 11) is 0. The Morgan fingerprint density at radius 1 is 1.36 bits per heavy atom. The number of hydrogen-bond acceptors (Lipinski definition) is 5. The molecule has 0 saturated heterocycles. The summed E-state index contributed by atoms with van der Waals surface area (Å²) in [6, 6.07) is 7.81. The monoisotopic (exact) mass is 332 g/mol. The van der Waals surface area contributed by atoms with Crippen molar-refractivity contribution in [1.82, 2.24) is 24.7 Å². The number of nitriles is 1. The van der Waals surface area contributed by atoms with E-state index in [2.05, 4.69) is 20.1 Å². The summed E-state index contributed by atoms with van der Waals surface area (Å²) >= 11 is 0. The van der Waals surface area contributed by atoms with Gasteiger partial charge in [0.05, 0.1) is 11.4 Å². The van der Waals surface area contributed by atoms with Crippen molar-refractivity contribution in [3.63, 3.8) is 0 Å². The largest absolute Gasteiger partial charge is 0.306 e. The van der Waals surface area contributed by atoms with Gasteiger partial charge in [-0.2, -0.15) is 10.4 Å². The highest BCUT2D eigenvalue weighted by atomic mass is 16.1. The second kappa shape index (κ2) is 6.53. The molecule has 1 aromatic carbocycles. The molecule has 0 aliphatic heterocycles. The van der Waals surface area contributed by atoms with Crippen LogP contribution in [0.3, 0.4) is 0 Å². The van der Waals surface area contributed by atoms with E-state index in [-0.39, 0.29) is 5.56 Å². The maximum atomic E-state index is 11.9. The lowest BCUT2D eigenvalue weighted by atomic mass is 10.1. The molecule has 0 radical (unpaired) electrons. The van der Waals surface area contributed by atoms with Crippen LogP contribution >= 0.6 is 0 Å². The molecule has 0 aliphatic carbocycles. The van der Waals surface area contributed by atoms with Gasteiger partial charge in [-0.05, 0) is 55.7 Å². The molecule has 0 atom stereocenters. The molecule has 0 amide bonds. The molecule has 0 bridgehead atoms. The van der Waals surface area contributed by atoms with Crippen LogP contribution in [0.15, 0.2) is 35.6 Å². The van der Waals surface area contributed by atoms with Crippen molar-refractivity contribution in [2.45, 2.75) is 20.8 Å². The van der Waals surface area contributed by atoms with Gasteiger partial charge >= 0.3 is 0 Å². The molecule has 3 rings (SSSR count). The average Bonchev–Trinajstić information content (AvgIpc) is 3.08. The quantitative estimate of drug-likeness (QED) is 0.794. The molecule has 124 valence electrons. The van der Waals surface area contributed by atoms with Gasteiger partial charge in [0.25, 0.3) is 5.56 Å². The van der Waals surface area contributed by atoms with Gasteiger partial charge in [0.1, 0.15) is 30.1 Å². The van der Waals surface area contributed by atoms with Gasteiger partial charge in [-0.1, -0.05) is 6.07 Å². The summed E-state index contributed by atoms with van der Waals surface area (Å²) in [6.45, 7) is 5.52. The van der Waals surface area contributed by atoms with Gasteiger partial charge in [0.2, 0.25) is 0 Å². The van der Waals surface area contributed by atoms with E-state index in [1.165, 1.54) is 6.33 Å². The molecule has 7 nitrogen and oxygen atoms in total. The molecule has 3 aromatic rings. The number of aromatic nitrogens is 5. The first-order valence-corrected chi connectivity index (χ1v) is 7.65. The van der Waals surface area contributed by atoms with Crippen molar-refractivity contribution in [2.24, 2.45) is 0 Å². The molecule has 7 heteroatoms. The fourth-order valence-corrected chi connectivity index (χ4v) is 2.58. The van der Waals surface area contributed by atoms with E-state index in [1.54, 1.807) is 17.9 Å².